The summed E-state index contributed by atoms with van der Waals surface area (Å²) in [7, 11) is 0. The van der Waals surface area contributed by atoms with Gasteiger partial charge in [0, 0.05) is 0 Å². The maximum absolute atomic E-state index is 11.8. The van der Waals surface area contributed by atoms with Crippen LogP contribution in [0.4, 0.5) is 0 Å². The summed E-state index contributed by atoms with van der Waals surface area (Å²) in [5.74, 6) is 0.319. The standard InChI is InChI=1S/C12H17BrO/c1-8-9-5-3-4-6-12(9,2)7-10(13)11(8)14/h10H,3-7H2,1-2H3. The summed E-state index contributed by atoms with van der Waals surface area (Å²) in [5, 5.41) is 0. The van der Waals surface area contributed by atoms with Crippen molar-refractivity contribution in [3.63, 3.8) is 0 Å². The average molecular weight is 257 g/mol. The van der Waals surface area contributed by atoms with E-state index in [1.807, 2.05) is 6.92 Å². The van der Waals surface area contributed by atoms with Crippen molar-refractivity contribution in [1.29, 1.82) is 0 Å². The van der Waals surface area contributed by atoms with E-state index < -0.39 is 0 Å². The minimum absolute atomic E-state index is 0.0642. The average Bonchev–Trinajstić information content (AvgIpc) is 2.14. The highest BCUT2D eigenvalue weighted by molar-refractivity contribution is 9.10. The van der Waals surface area contributed by atoms with Crippen molar-refractivity contribution in [3.8, 4) is 0 Å². The second-order valence-corrected chi connectivity index (χ2v) is 6.01. The lowest BCUT2D eigenvalue weighted by atomic mass is 9.64. The van der Waals surface area contributed by atoms with E-state index in [-0.39, 0.29) is 4.83 Å². The quantitative estimate of drug-likeness (QED) is 0.606. The number of ketones is 1. The zero-order chi connectivity index (χ0) is 10.3. The molecule has 2 rings (SSSR count). The lowest BCUT2D eigenvalue weighted by Crippen LogP contribution is -2.36. The van der Waals surface area contributed by atoms with E-state index in [1.54, 1.807) is 0 Å². The largest absolute Gasteiger partial charge is 0.293 e. The SMILES string of the molecule is CC1=C2CCCCC2(C)CC(Br)C1=O. The first-order chi connectivity index (χ1) is 6.54. The van der Waals surface area contributed by atoms with Crippen LogP contribution in [0.3, 0.4) is 0 Å². The maximum Gasteiger partial charge on any atom is 0.172 e. The minimum Gasteiger partial charge on any atom is -0.293 e. The number of Topliss-reactive ketones (excluding diaryl/α,β-unsaturated/α-hetero) is 1. The van der Waals surface area contributed by atoms with Gasteiger partial charge in [0.1, 0.15) is 0 Å². The molecule has 0 aromatic rings. The number of alkyl halides is 1. The zero-order valence-electron chi connectivity index (χ0n) is 8.90. The normalized spacial score (nSPS) is 38.5. The molecular formula is C12H17BrO. The first-order valence-electron chi connectivity index (χ1n) is 5.43. The molecule has 0 saturated heterocycles. The molecule has 0 aromatic carbocycles. The van der Waals surface area contributed by atoms with Gasteiger partial charge >= 0.3 is 0 Å². The number of hydrogen-bond donors (Lipinski definition) is 0. The van der Waals surface area contributed by atoms with E-state index in [4.69, 9.17) is 0 Å². The molecule has 2 atom stereocenters. The van der Waals surface area contributed by atoms with Gasteiger partial charge in [-0.05, 0) is 43.6 Å². The Hall–Kier alpha value is -0.110. The highest BCUT2D eigenvalue weighted by Gasteiger charge is 2.41. The van der Waals surface area contributed by atoms with Gasteiger partial charge in [-0.1, -0.05) is 34.8 Å². The van der Waals surface area contributed by atoms with E-state index in [0.29, 0.717) is 11.2 Å². The Morgan fingerprint density at radius 3 is 2.86 bits per heavy atom. The summed E-state index contributed by atoms with van der Waals surface area (Å²) in [4.78, 5) is 11.9. The monoisotopic (exact) mass is 256 g/mol. The molecule has 2 heteroatoms. The van der Waals surface area contributed by atoms with Crippen LogP contribution in [-0.4, -0.2) is 10.6 Å². The molecule has 0 radical (unpaired) electrons. The number of hydrogen-bond acceptors (Lipinski definition) is 1. The molecule has 2 unspecified atom stereocenters. The molecule has 1 nitrogen and oxygen atoms in total. The molecule has 0 aliphatic heterocycles. The van der Waals surface area contributed by atoms with Crippen molar-refractivity contribution in [1.82, 2.24) is 0 Å². The number of halogens is 1. The Morgan fingerprint density at radius 2 is 2.14 bits per heavy atom. The van der Waals surface area contributed by atoms with Crippen LogP contribution in [-0.2, 0) is 4.79 Å². The molecule has 14 heavy (non-hydrogen) atoms. The Bertz CT molecular complexity index is 305. The van der Waals surface area contributed by atoms with Crippen LogP contribution in [0.15, 0.2) is 11.1 Å². The van der Waals surface area contributed by atoms with Crippen LogP contribution in [0.25, 0.3) is 0 Å². The van der Waals surface area contributed by atoms with E-state index in [9.17, 15) is 4.79 Å². The lowest BCUT2D eigenvalue weighted by molar-refractivity contribution is -0.116. The van der Waals surface area contributed by atoms with Crippen molar-refractivity contribution in [2.45, 2.75) is 50.8 Å². The zero-order valence-corrected chi connectivity index (χ0v) is 10.5. The van der Waals surface area contributed by atoms with Crippen LogP contribution in [0.2, 0.25) is 0 Å². The molecule has 0 amide bonds. The van der Waals surface area contributed by atoms with Gasteiger partial charge in [-0.25, -0.2) is 0 Å². The Labute approximate surface area is 94.1 Å². The molecule has 0 bridgehead atoms. The fourth-order valence-corrected chi connectivity index (χ4v) is 4.06. The number of rotatable bonds is 0. The molecular weight excluding hydrogens is 240 g/mol. The second kappa shape index (κ2) is 3.48. The van der Waals surface area contributed by atoms with Crippen LogP contribution in [0.5, 0.6) is 0 Å². The first-order valence-corrected chi connectivity index (χ1v) is 6.35. The maximum atomic E-state index is 11.8. The van der Waals surface area contributed by atoms with E-state index >= 15 is 0 Å². The summed E-state index contributed by atoms with van der Waals surface area (Å²) in [6, 6.07) is 0. The van der Waals surface area contributed by atoms with Gasteiger partial charge in [0.05, 0.1) is 4.83 Å². The number of allylic oxidation sites excluding steroid dienone is 2. The first kappa shape index (κ1) is 10.4. The fraction of sp³-hybridized carbons (Fsp3) is 0.750. The van der Waals surface area contributed by atoms with E-state index in [2.05, 4.69) is 22.9 Å². The summed E-state index contributed by atoms with van der Waals surface area (Å²) in [6.45, 7) is 4.33. The molecule has 1 fully saturated rings. The van der Waals surface area contributed by atoms with Crippen LogP contribution >= 0.6 is 15.9 Å². The topological polar surface area (TPSA) is 17.1 Å². The summed E-state index contributed by atoms with van der Waals surface area (Å²) in [5.41, 5.74) is 2.80. The molecule has 2 aliphatic carbocycles. The van der Waals surface area contributed by atoms with Gasteiger partial charge in [0.2, 0.25) is 0 Å². The third kappa shape index (κ3) is 1.48. The number of carbonyl (C=O) groups is 1. The fourth-order valence-electron chi connectivity index (χ4n) is 3.01. The number of carbonyl (C=O) groups excluding carboxylic acids is 1. The van der Waals surface area contributed by atoms with Crippen molar-refractivity contribution in [3.05, 3.63) is 11.1 Å². The van der Waals surface area contributed by atoms with E-state index in [1.165, 1.54) is 24.8 Å². The third-order valence-electron chi connectivity index (χ3n) is 3.87. The van der Waals surface area contributed by atoms with Crippen molar-refractivity contribution in [2.75, 3.05) is 0 Å². The van der Waals surface area contributed by atoms with Gasteiger partial charge in [0.25, 0.3) is 0 Å². The van der Waals surface area contributed by atoms with Gasteiger partial charge < -0.3 is 0 Å². The van der Waals surface area contributed by atoms with E-state index in [0.717, 1.165) is 18.4 Å². The van der Waals surface area contributed by atoms with Crippen molar-refractivity contribution < 1.29 is 4.79 Å². The van der Waals surface area contributed by atoms with Crippen molar-refractivity contribution in [2.24, 2.45) is 5.41 Å². The summed E-state index contributed by atoms with van der Waals surface area (Å²) >= 11 is 3.51. The highest BCUT2D eigenvalue weighted by atomic mass is 79.9. The smallest absolute Gasteiger partial charge is 0.172 e. The summed E-state index contributed by atoms with van der Waals surface area (Å²) < 4.78 is 0. The predicted molar refractivity (Wildman–Crippen MR) is 61.6 cm³/mol. The Morgan fingerprint density at radius 1 is 1.43 bits per heavy atom. The van der Waals surface area contributed by atoms with Crippen molar-refractivity contribution >= 4 is 21.7 Å². The Kier molecular flexibility index (Phi) is 2.59. The van der Waals surface area contributed by atoms with Gasteiger partial charge in [-0.2, -0.15) is 0 Å². The van der Waals surface area contributed by atoms with Gasteiger partial charge in [-0.15, -0.1) is 0 Å². The minimum atomic E-state index is 0.0642. The molecule has 0 aromatic heterocycles. The second-order valence-electron chi connectivity index (χ2n) is 4.91. The van der Waals surface area contributed by atoms with Crippen LogP contribution in [0.1, 0.15) is 46.0 Å². The lowest BCUT2D eigenvalue weighted by Gasteiger charge is -2.42. The molecule has 0 heterocycles. The molecule has 1 saturated carbocycles. The highest BCUT2D eigenvalue weighted by Crippen LogP contribution is 2.49. The van der Waals surface area contributed by atoms with Gasteiger partial charge in [-0.3, -0.25) is 4.79 Å². The molecule has 0 spiro atoms. The summed E-state index contributed by atoms with van der Waals surface area (Å²) in [6.07, 6.45) is 5.99. The molecule has 78 valence electrons. The number of fused-ring (bicyclic) bond motifs is 1. The predicted octanol–water partition coefficient (Wildman–Crippen LogP) is 3.62. The molecule has 2 aliphatic rings. The Balaban J connectivity index is 2.43. The molecule has 0 N–H and O–H groups in total. The van der Waals surface area contributed by atoms with Crippen LogP contribution in [0, 0.1) is 5.41 Å². The van der Waals surface area contributed by atoms with Crippen LogP contribution < -0.4 is 0 Å². The third-order valence-corrected chi connectivity index (χ3v) is 4.61. The van der Waals surface area contributed by atoms with Gasteiger partial charge in [0.15, 0.2) is 5.78 Å².